The molecule has 1 N–H and O–H groups in total. The highest BCUT2D eigenvalue weighted by Gasteiger charge is 2.47. The Morgan fingerprint density at radius 1 is 0.951 bits per heavy atom. The number of nitrogens with one attached hydrogen (secondary N) is 1. The Bertz CT molecular complexity index is 1700. The lowest BCUT2D eigenvalue weighted by molar-refractivity contribution is -0.120. The maximum absolute atomic E-state index is 14.2. The number of hydrogen-bond donors (Lipinski definition) is 1. The van der Waals surface area contributed by atoms with Gasteiger partial charge in [0.05, 0.1) is 19.6 Å². The number of fused-ring (bicyclic) bond motifs is 1. The van der Waals surface area contributed by atoms with Crippen molar-refractivity contribution in [2.45, 2.75) is 25.1 Å². The van der Waals surface area contributed by atoms with E-state index in [2.05, 4.69) is 39.6 Å². The Balaban J connectivity index is 1.13. The van der Waals surface area contributed by atoms with Crippen LogP contribution in [-0.2, 0) is 28.2 Å². The van der Waals surface area contributed by atoms with Crippen LogP contribution in [0.1, 0.15) is 45.4 Å². The van der Waals surface area contributed by atoms with Gasteiger partial charge in [-0.1, -0.05) is 90.0 Å². The first-order chi connectivity index (χ1) is 20.0. The van der Waals surface area contributed by atoms with Crippen molar-refractivity contribution >= 4 is 23.1 Å². The Morgan fingerprint density at radius 2 is 1.66 bits per heavy atom. The van der Waals surface area contributed by atoms with Crippen LogP contribution in [0.2, 0.25) is 0 Å². The molecular weight excluding hydrogens is 515 g/mol. The minimum atomic E-state index is -0.375. The van der Waals surface area contributed by atoms with Gasteiger partial charge in [-0.25, -0.2) is 4.39 Å². The van der Waals surface area contributed by atoms with E-state index in [1.54, 1.807) is 6.07 Å². The summed E-state index contributed by atoms with van der Waals surface area (Å²) < 4.78 is 20.0. The Kier molecular flexibility index (Phi) is 7.21. The molecule has 1 aliphatic heterocycles. The van der Waals surface area contributed by atoms with Crippen molar-refractivity contribution in [1.82, 2.24) is 5.32 Å². The molecule has 0 spiro atoms. The van der Waals surface area contributed by atoms with Crippen LogP contribution in [0.15, 0.2) is 108 Å². The maximum atomic E-state index is 14.2. The van der Waals surface area contributed by atoms with Gasteiger partial charge in [-0.3, -0.25) is 4.79 Å². The van der Waals surface area contributed by atoms with Crippen molar-refractivity contribution in [3.8, 4) is 0 Å². The van der Waals surface area contributed by atoms with Crippen LogP contribution in [-0.4, -0.2) is 12.5 Å². The predicted octanol–water partition coefficient (Wildman–Crippen LogP) is 7.55. The van der Waals surface area contributed by atoms with Gasteiger partial charge in [-0.05, 0) is 79.9 Å². The number of carbonyl (C=O) groups is 1. The van der Waals surface area contributed by atoms with Crippen LogP contribution in [0.4, 0.5) is 4.39 Å². The SMILES string of the molecule is [N-]=[N+]=NCc1ccc(/C=C2\C=C(CC(=O)NCc3ccc(C4(c5ccccc5)CO4)cc3)c3cc(F)ccc32)cc1. The molecule has 0 aromatic heterocycles. The summed E-state index contributed by atoms with van der Waals surface area (Å²) in [5.74, 6) is -0.475. The average Bonchev–Trinajstić information content (AvgIpc) is 3.76. The van der Waals surface area contributed by atoms with Crippen LogP contribution in [0.3, 0.4) is 0 Å². The molecule has 1 aliphatic carbocycles. The monoisotopic (exact) mass is 542 g/mol. The Labute approximate surface area is 237 Å². The number of nitrogens with zero attached hydrogens (tertiary/aromatic N) is 3. The van der Waals surface area contributed by atoms with E-state index in [1.165, 1.54) is 12.1 Å². The number of benzene rings is 4. The van der Waals surface area contributed by atoms with Crippen molar-refractivity contribution in [2.75, 3.05) is 6.61 Å². The van der Waals surface area contributed by atoms with E-state index in [1.807, 2.05) is 66.7 Å². The van der Waals surface area contributed by atoms with E-state index in [4.69, 9.17) is 10.3 Å². The normalized spacial score (nSPS) is 17.9. The molecule has 6 rings (SSSR count). The highest BCUT2D eigenvalue weighted by atomic mass is 19.1. The van der Waals surface area contributed by atoms with Crippen molar-refractivity contribution < 1.29 is 13.9 Å². The van der Waals surface area contributed by atoms with Crippen molar-refractivity contribution in [3.05, 3.63) is 158 Å². The lowest BCUT2D eigenvalue weighted by Gasteiger charge is -2.14. The molecule has 1 atom stereocenters. The number of azide groups is 1. The van der Waals surface area contributed by atoms with E-state index >= 15 is 0 Å². The second-order valence-electron chi connectivity index (χ2n) is 10.2. The van der Waals surface area contributed by atoms with Crippen molar-refractivity contribution in [3.63, 3.8) is 0 Å². The summed E-state index contributed by atoms with van der Waals surface area (Å²) in [6, 6.07) is 30.7. The molecule has 202 valence electrons. The van der Waals surface area contributed by atoms with E-state index in [0.717, 1.165) is 50.1 Å². The molecule has 4 aromatic rings. The molecule has 41 heavy (non-hydrogen) atoms. The summed E-state index contributed by atoms with van der Waals surface area (Å²) in [5.41, 5.74) is 16.5. The van der Waals surface area contributed by atoms with Crippen molar-refractivity contribution in [2.24, 2.45) is 5.11 Å². The minimum Gasteiger partial charge on any atom is -0.359 e. The van der Waals surface area contributed by atoms with Gasteiger partial charge in [-0.15, -0.1) is 0 Å². The fourth-order valence-corrected chi connectivity index (χ4v) is 5.26. The fourth-order valence-electron chi connectivity index (χ4n) is 5.26. The van der Waals surface area contributed by atoms with Crippen LogP contribution in [0.25, 0.3) is 27.7 Å². The van der Waals surface area contributed by atoms with Gasteiger partial charge in [0.15, 0.2) is 0 Å². The molecule has 0 radical (unpaired) electrons. The first-order valence-electron chi connectivity index (χ1n) is 13.4. The third-order valence-corrected chi connectivity index (χ3v) is 7.52. The Hall–Kier alpha value is -4.97. The molecule has 4 aromatic carbocycles. The zero-order chi connectivity index (χ0) is 28.2. The molecule has 1 unspecified atom stereocenters. The Morgan fingerprint density at radius 3 is 2.37 bits per heavy atom. The lowest BCUT2D eigenvalue weighted by Crippen LogP contribution is -2.22. The summed E-state index contributed by atoms with van der Waals surface area (Å²) >= 11 is 0. The van der Waals surface area contributed by atoms with E-state index in [-0.39, 0.29) is 23.7 Å². The van der Waals surface area contributed by atoms with Crippen LogP contribution >= 0.6 is 0 Å². The number of epoxide rings is 1. The van der Waals surface area contributed by atoms with Crippen LogP contribution in [0, 0.1) is 5.82 Å². The molecular formula is C34H27FN4O2. The van der Waals surface area contributed by atoms with Gasteiger partial charge in [0.25, 0.3) is 0 Å². The third kappa shape index (κ3) is 5.68. The molecule has 1 saturated heterocycles. The van der Waals surface area contributed by atoms with Gasteiger partial charge in [0.1, 0.15) is 11.4 Å². The molecule has 2 aliphatic rings. The molecule has 0 saturated carbocycles. The first kappa shape index (κ1) is 26.3. The van der Waals surface area contributed by atoms with E-state index in [0.29, 0.717) is 19.7 Å². The molecule has 6 nitrogen and oxygen atoms in total. The first-order valence-corrected chi connectivity index (χ1v) is 13.4. The van der Waals surface area contributed by atoms with Gasteiger partial charge >= 0.3 is 0 Å². The summed E-state index contributed by atoms with van der Waals surface area (Å²) in [7, 11) is 0. The summed E-state index contributed by atoms with van der Waals surface area (Å²) in [5, 5.41) is 6.60. The average molecular weight is 543 g/mol. The van der Waals surface area contributed by atoms with Gasteiger partial charge in [-0.2, -0.15) is 0 Å². The summed E-state index contributed by atoms with van der Waals surface area (Å²) in [6.07, 6.45) is 4.10. The van der Waals surface area contributed by atoms with Crippen LogP contribution < -0.4 is 5.32 Å². The highest BCUT2D eigenvalue weighted by molar-refractivity contribution is 6.05. The molecule has 0 bridgehead atoms. The molecule has 1 heterocycles. The zero-order valence-corrected chi connectivity index (χ0v) is 22.3. The number of allylic oxidation sites excluding steroid dienone is 2. The van der Waals surface area contributed by atoms with Gasteiger partial charge < -0.3 is 10.1 Å². The largest absolute Gasteiger partial charge is 0.359 e. The zero-order valence-electron chi connectivity index (χ0n) is 22.3. The number of carbonyl (C=O) groups excluding carboxylic acids is 1. The predicted molar refractivity (Wildman–Crippen MR) is 158 cm³/mol. The second kappa shape index (κ2) is 11.3. The minimum absolute atomic E-state index is 0.134. The standard InChI is InChI=1S/C34H27FN4O2/c35-30-14-15-31-26(16-23-6-8-25(9-7-23)21-38-39-36)17-27(32(31)19-30)18-33(40)37-20-24-10-12-29(13-11-24)34(22-41-34)28-4-2-1-3-5-28/h1-17,19H,18,20-22H2,(H,37,40)/b26-16+. The summed E-state index contributed by atoms with van der Waals surface area (Å²) in [4.78, 5) is 15.8. The second-order valence-corrected chi connectivity index (χ2v) is 10.2. The number of amides is 1. The number of ether oxygens (including phenoxy) is 1. The smallest absolute Gasteiger partial charge is 0.224 e. The highest BCUT2D eigenvalue weighted by Crippen LogP contribution is 2.45. The van der Waals surface area contributed by atoms with Gasteiger partial charge in [0, 0.05) is 11.5 Å². The topological polar surface area (TPSA) is 90.4 Å². The lowest BCUT2D eigenvalue weighted by atomic mass is 9.91. The third-order valence-electron chi connectivity index (χ3n) is 7.52. The maximum Gasteiger partial charge on any atom is 0.224 e. The molecule has 1 fully saturated rings. The molecule has 7 heteroatoms. The number of hydrogen-bond acceptors (Lipinski definition) is 3. The number of rotatable bonds is 9. The quantitative estimate of drug-likeness (QED) is 0.102. The molecule has 1 amide bonds. The van der Waals surface area contributed by atoms with Crippen molar-refractivity contribution in [1.29, 1.82) is 0 Å². The summed E-state index contributed by atoms with van der Waals surface area (Å²) in [6.45, 7) is 1.34. The van der Waals surface area contributed by atoms with E-state index < -0.39 is 0 Å². The van der Waals surface area contributed by atoms with Gasteiger partial charge in [0.2, 0.25) is 5.91 Å². The number of halogens is 1. The van der Waals surface area contributed by atoms with Crippen LogP contribution in [0.5, 0.6) is 0 Å². The van der Waals surface area contributed by atoms with E-state index in [9.17, 15) is 9.18 Å². The fraction of sp³-hybridized carbons (Fsp3) is 0.147.